The van der Waals surface area contributed by atoms with Crippen molar-refractivity contribution in [2.24, 2.45) is 0 Å². The molecule has 1 saturated heterocycles. The van der Waals surface area contributed by atoms with E-state index in [2.05, 4.69) is 5.32 Å². The van der Waals surface area contributed by atoms with Crippen molar-refractivity contribution in [1.82, 2.24) is 5.32 Å². The molecule has 0 saturated carbocycles. The average Bonchev–Trinajstić information content (AvgIpc) is 2.36. The van der Waals surface area contributed by atoms with Gasteiger partial charge in [-0.05, 0) is 25.2 Å². The van der Waals surface area contributed by atoms with Crippen LogP contribution in [0.25, 0.3) is 0 Å². The third-order valence-corrected chi connectivity index (χ3v) is 4.76. The van der Waals surface area contributed by atoms with Crippen molar-refractivity contribution in [2.45, 2.75) is 6.10 Å². The van der Waals surface area contributed by atoms with E-state index >= 15 is 0 Å². The lowest BCUT2D eigenvalue weighted by Crippen LogP contribution is -2.45. The number of carbonyl (C=O) groups is 1. The molecule has 1 aliphatic heterocycles. The summed E-state index contributed by atoms with van der Waals surface area (Å²) in [5.41, 5.74) is 0.498. The normalized spacial score (nSPS) is 17.3. The predicted octanol–water partition coefficient (Wildman–Crippen LogP) is 0.273. The molecule has 0 aromatic heterocycles. The Morgan fingerprint density at radius 1 is 1.35 bits per heavy atom. The van der Waals surface area contributed by atoms with Crippen molar-refractivity contribution in [3.63, 3.8) is 0 Å². The van der Waals surface area contributed by atoms with Crippen molar-refractivity contribution < 1.29 is 22.7 Å². The zero-order chi connectivity index (χ0) is 14.8. The van der Waals surface area contributed by atoms with Gasteiger partial charge in [-0.15, -0.1) is 0 Å². The molecule has 110 valence electrons. The van der Waals surface area contributed by atoms with Crippen molar-refractivity contribution in [1.29, 1.82) is 0 Å². The fraction of sp³-hybridized carbons (Fsp3) is 0.462. The highest BCUT2D eigenvalue weighted by Crippen LogP contribution is 2.31. The Labute approximate surface area is 118 Å². The maximum atomic E-state index is 11.8. The highest BCUT2D eigenvalue weighted by Gasteiger charge is 2.35. The van der Waals surface area contributed by atoms with Gasteiger partial charge in [-0.1, -0.05) is 0 Å². The van der Waals surface area contributed by atoms with Crippen LogP contribution < -0.4 is 14.8 Å². The van der Waals surface area contributed by atoms with Gasteiger partial charge in [0, 0.05) is 5.56 Å². The Bertz CT molecular complexity index is 599. The van der Waals surface area contributed by atoms with Gasteiger partial charge in [0.05, 0.1) is 25.2 Å². The molecule has 0 spiro atoms. The lowest BCUT2D eigenvalue weighted by molar-refractivity contribution is 0.0992. The van der Waals surface area contributed by atoms with Gasteiger partial charge in [0.1, 0.15) is 6.10 Å². The van der Waals surface area contributed by atoms with Gasteiger partial charge in [-0.3, -0.25) is 4.79 Å². The standard InChI is InChI=1S/C13H17NO5S/c1-14-6-11(15)9-3-4-12(18-2)13(5-9)19-10-7-20(16,17)8-10/h3-5,10,14H,6-8H2,1-2H3. The molecule has 1 heterocycles. The van der Waals surface area contributed by atoms with Gasteiger partial charge < -0.3 is 14.8 Å². The van der Waals surface area contributed by atoms with Crippen molar-refractivity contribution in [2.75, 3.05) is 32.2 Å². The Kier molecular flexibility index (Phi) is 4.29. The fourth-order valence-corrected chi connectivity index (χ4v) is 3.14. The van der Waals surface area contributed by atoms with Gasteiger partial charge in [-0.25, -0.2) is 8.42 Å². The maximum Gasteiger partial charge on any atom is 0.176 e. The third kappa shape index (κ3) is 3.29. The third-order valence-electron chi connectivity index (χ3n) is 3.00. The number of rotatable bonds is 6. The summed E-state index contributed by atoms with van der Waals surface area (Å²) in [7, 11) is 0.239. The summed E-state index contributed by atoms with van der Waals surface area (Å²) >= 11 is 0. The predicted molar refractivity (Wildman–Crippen MR) is 74.3 cm³/mol. The van der Waals surface area contributed by atoms with Gasteiger partial charge in [0.25, 0.3) is 0 Å². The van der Waals surface area contributed by atoms with Crippen molar-refractivity contribution in [3.8, 4) is 11.5 Å². The fourth-order valence-electron chi connectivity index (χ4n) is 1.97. The van der Waals surface area contributed by atoms with E-state index in [1.807, 2.05) is 0 Å². The minimum atomic E-state index is -2.95. The molecule has 0 bridgehead atoms. The van der Waals surface area contributed by atoms with Crippen LogP contribution in [-0.2, 0) is 9.84 Å². The first-order valence-corrected chi connectivity index (χ1v) is 8.00. The first kappa shape index (κ1) is 14.8. The molecule has 0 aliphatic carbocycles. The summed E-state index contributed by atoms with van der Waals surface area (Å²) in [6, 6.07) is 4.89. The monoisotopic (exact) mass is 299 g/mol. The number of hydrogen-bond donors (Lipinski definition) is 1. The number of nitrogens with one attached hydrogen (secondary N) is 1. The largest absolute Gasteiger partial charge is 0.493 e. The van der Waals surface area contributed by atoms with Crippen LogP contribution in [0.3, 0.4) is 0 Å². The van der Waals surface area contributed by atoms with E-state index in [0.29, 0.717) is 17.1 Å². The van der Waals surface area contributed by atoms with Crippen LogP contribution in [0, 0.1) is 0 Å². The first-order valence-electron chi connectivity index (χ1n) is 6.18. The quantitative estimate of drug-likeness (QED) is 0.760. The summed E-state index contributed by atoms with van der Waals surface area (Å²) in [4.78, 5) is 11.8. The Hall–Kier alpha value is -1.60. The van der Waals surface area contributed by atoms with E-state index in [4.69, 9.17) is 9.47 Å². The van der Waals surface area contributed by atoms with Gasteiger partial charge in [0.15, 0.2) is 27.1 Å². The van der Waals surface area contributed by atoms with Crippen LogP contribution in [-0.4, -0.2) is 52.5 Å². The molecule has 1 fully saturated rings. The van der Waals surface area contributed by atoms with E-state index in [9.17, 15) is 13.2 Å². The number of Topliss-reactive ketones (excluding diaryl/α,β-unsaturated/α-hetero) is 1. The molecular formula is C13H17NO5S. The number of methoxy groups -OCH3 is 1. The number of hydrogen-bond acceptors (Lipinski definition) is 6. The number of likely N-dealkylation sites (N-methyl/N-ethyl adjacent to an activating group) is 1. The summed E-state index contributed by atoms with van der Waals surface area (Å²) in [5.74, 6) is 0.821. The van der Waals surface area contributed by atoms with E-state index < -0.39 is 9.84 Å². The summed E-state index contributed by atoms with van der Waals surface area (Å²) in [6.45, 7) is 0.226. The zero-order valence-corrected chi connectivity index (χ0v) is 12.2. The van der Waals surface area contributed by atoms with Gasteiger partial charge in [-0.2, -0.15) is 0 Å². The van der Waals surface area contributed by atoms with Gasteiger partial charge in [0.2, 0.25) is 0 Å². The van der Waals surface area contributed by atoms with Crippen LogP contribution in [0.15, 0.2) is 18.2 Å². The second-order valence-electron chi connectivity index (χ2n) is 4.64. The Morgan fingerprint density at radius 3 is 2.60 bits per heavy atom. The lowest BCUT2D eigenvalue weighted by Gasteiger charge is -2.27. The SMILES string of the molecule is CNCC(=O)c1ccc(OC)c(OC2CS(=O)(=O)C2)c1. The maximum absolute atomic E-state index is 11.8. The highest BCUT2D eigenvalue weighted by atomic mass is 32.2. The van der Waals surface area contributed by atoms with E-state index in [1.54, 1.807) is 25.2 Å². The second kappa shape index (κ2) is 5.80. The van der Waals surface area contributed by atoms with Crippen LogP contribution in [0.4, 0.5) is 0 Å². The molecule has 6 nitrogen and oxygen atoms in total. The highest BCUT2D eigenvalue weighted by molar-refractivity contribution is 7.92. The Balaban J connectivity index is 2.17. The van der Waals surface area contributed by atoms with Crippen LogP contribution in [0.2, 0.25) is 0 Å². The summed E-state index contributed by atoms with van der Waals surface area (Å²) in [6.07, 6.45) is -0.372. The molecule has 0 amide bonds. The molecule has 0 atom stereocenters. The topological polar surface area (TPSA) is 81.7 Å². The van der Waals surface area contributed by atoms with E-state index in [0.717, 1.165) is 0 Å². The molecule has 1 aliphatic rings. The molecule has 0 radical (unpaired) electrons. The van der Waals surface area contributed by atoms with Crippen molar-refractivity contribution in [3.05, 3.63) is 23.8 Å². The van der Waals surface area contributed by atoms with Gasteiger partial charge >= 0.3 is 0 Å². The average molecular weight is 299 g/mol. The molecule has 1 aromatic carbocycles. The van der Waals surface area contributed by atoms with Crippen molar-refractivity contribution >= 4 is 15.6 Å². The second-order valence-corrected chi connectivity index (χ2v) is 6.79. The lowest BCUT2D eigenvalue weighted by atomic mass is 10.1. The number of benzene rings is 1. The molecule has 7 heteroatoms. The number of ketones is 1. The first-order chi connectivity index (χ1) is 9.45. The zero-order valence-electron chi connectivity index (χ0n) is 11.4. The number of ether oxygens (including phenoxy) is 2. The molecule has 20 heavy (non-hydrogen) atoms. The summed E-state index contributed by atoms with van der Waals surface area (Å²) in [5, 5.41) is 2.79. The summed E-state index contributed by atoms with van der Waals surface area (Å²) < 4.78 is 33.0. The van der Waals surface area contributed by atoms with Crippen LogP contribution >= 0.6 is 0 Å². The molecule has 1 aromatic rings. The smallest absolute Gasteiger partial charge is 0.176 e. The van der Waals surface area contributed by atoms with E-state index in [1.165, 1.54) is 7.11 Å². The molecule has 1 N–H and O–H groups in total. The minimum Gasteiger partial charge on any atom is -0.493 e. The van der Waals surface area contributed by atoms with Crippen LogP contribution in [0.5, 0.6) is 11.5 Å². The van der Waals surface area contributed by atoms with E-state index in [-0.39, 0.29) is 29.9 Å². The Morgan fingerprint density at radius 2 is 2.05 bits per heavy atom. The minimum absolute atomic E-state index is 0.00481. The number of carbonyl (C=O) groups excluding carboxylic acids is 1. The van der Waals surface area contributed by atoms with Crippen LogP contribution in [0.1, 0.15) is 10.4 Å². The molecular weight excluding hydrogens is 282 g/mol. The molecule has 2 rings (SSSR count). The number of sulfone groups is 1. The molecule has 0 unspecified atom stereocenters.